The van der Waals surface area contributed by atoms with Crippen molar-refractivity contribution in [3.05, 3.63) is 71.0 Å². The number of rotatable bonds is 8. The molecule has 10 heteroatoms. The Balaban J connectivity index is 1.53. The molecule has 1 aliphatic rings. The Morgan fingerprint density at radius 3 is 2.62 bits per heavy atom. The van der Waals surface area contributed by atoms with Crippen LogP contribution in [-0.2, 0) is 17.9 Å². The first-order chi connectivity index (χ1) is 15.5. The van der Waals surface area contributed by atoms with Crippen LogP contribution >= 0.6 is 23.4 Å². The van der Waals surface area contributed by atoms with Gasteiger partial charge in [0.15, 0.2) is 11.0 Å². The van der Waals surface area contributed by atoms with Crippen molar-refractivity contribution < 1.29 is 14.3 Å². The summed E-state index contributed by atoms with van der Waals surface area (Å²) in [5.41, 5.74) is 1.07. The van der Waals surface area contributed by atoms with Crippen molar-refractivity contribution >= 4 is 35.3 Å². The molecule has 0 spiro atoms. The number of nitrogens with zero attached hydrogens (tertiary/aromatic N) is 4. The molecule has 0 bridgehead atoms. The lowest BCUT2D eigenvalue weighted by atomic mass is 10.2. The Morgan fingerprint density at radius 2 is 1.94 bits per heavy atom. The van der Waals surface area contributed by atoms with E-state index in [9.17, 15) is 9.59 Å². The molecule has 4 rings (SSSR count). The number of halogens is 1. The van der Waals surface area contributed by atoms with Gasteiger partial charge in [0.25, 0.3) is 0 Å². The quantitative estimate of drug-likeness (QED) is 0.505. The second-order valence-corrected chi connectivity index (χ2v) is 8.94. The highest BCUT2D eigenvalue weighted by atomic mass is 35.5. The third kappa shape index (κ3) is 5.23. The second kappa shape index (κ2) is 10.1. The number of hydrogen-bond acceptors (Lipinski definition) is 6. The first-order valence-corrected chi connectivity index (χ1v) is 11.4. The molecule has 8 nitrogen and oxygen atoms in total. The topological polar surface area (TPSA) is 89.3 Å². The van der Waals surface area contributed by atoms with E-state index in [1.807, 2.05) is 34.9 Å². The maximum Gasteiger partial charge on any atom is 0.324 e. The molecular weight excluding hydrogens is 450 g/mol. The van der Waals surface area contributed by atoms with E-state index in [0.29, 0.717) is 41.4 Å². The predicted molar refractivity (Wildman–Crippen MR) is 122 cm³/mol. The molecule has 166 valence electrons. The van der Waals surface area contributed by atoms with E-state index in [-0.39, 0.29) is 18.5 Å². The summed E-state index contributed by atoms with van der Waals surface area (Å²) in [6.45, 7) is 3.35. The molecule has 1 fully saturated rings. The molecule has 0 aliphatic carbocycles. The standard InChI is InChI=1S/C22H22ClN5O3S/c1-15(20(29)27-12-11-24-21(27)30)32-22-26-25-19(14-31-18-9-7-17(23)8-10-18)28(22)13-16-5-3-2-4-6-16/h2-10,15H,11-14H2,1H3,(H,24,30). The fourth-order valence-electron chi connectivity index (χ4n) is 3.23. The van der Waals surface area contributed by atoms with Gasteiger partial charge in [0.2, 0.25) is 5.91 Å². The van der Waals surface area contributed by atoms with E-state index in [0.717, 1.165) is 5.56 Å². The molecule has 2 heterocycles. The lowest BCUT2D eigenvalue weighted by molar-refractivity contribution is -0.126. The summed E-state index contributed by atoms with van der Waals surface area (Å²) in [5, 5.41) is 12.0. The van der Waals surface area contributed by atoms with Crippen LogP contribution in [0.4, 0.5) is 4.79 Å². The van der Waals surface area contributed by atoms with E-state index in [4.69, 9.17) is 16.3 Å². The van der Waals surface area contributed by atoms with Gasteiger partial charge in [-0.05, 0) is 36.8 Å². The first-order valence-electron chi connectivity index (χ1n) is 10.1. The fraction of sp³-hybridized carbons (Fsp3) is 0.273. The van der Waals surface area contributed by atoms with Crippen LogP contribution in [0.5, 0.6) is 5.75 Å². The van der Waals surface area contributed by atoms with Gasteiger partial charge in [-0.2, -0.15) is 0 Å². The Hall–Kier alpha value is -3.04. The van der Waals surface area contributed by atoms with Crippen LogP contribution in [0, 0.1) is 0 Å². The molecule has 3 amide bonds. The number of aromatic nitrogens is 3. The monoisotopic (exact) mass is 471 g/mol. The van der Waals surface area contributed by atoms with Crippen molar-refractivity contribution in [1.29, 1.82) is 0 Å². The van der Waals surface area contributed by atoms with Crippen LogP contribution in [0.2, 0.25) is 5.02 Å². The highest BCUT2D eigenvalue weighted by molar-refractivity contribution is 8.00. The molecule has 1 saturated heterocycles. The third-order valence-electron chi connectivity index (χ3n) is 4.91. The zero-order valence-electron chi connectivity index (χ0n) is 17.4. The van der Waals surface area contributed by atoms with Crippen molar-refractivity contribution in [2.75, 3.05) is 13.1 Å². The van der Waals surface area contributed by atoms with Gasteiger partial charge >= 0.3 is 6.03 Å². The molecule has 2 aromatic carbocycles. The van der Waals surface area contributed by atoms with E-state index >= 15 is 0 Å². The van der Waals surface area contributed by atoms with Crippen molar-refractivity contribution in [3.63, 3.8) is 0 Å². The minimum atomic E-state index is -0.498. The molecule has 32 heavy (non-hydrogen) atoms. The Labute approximate surface area is 194 Å². The second-order valence-electron chi connectivity index (χ2n) is 7.20. The van der Waals surface area contributed by atoms with Gasteiger partial charge < -0.3 is 10.1 Å². The van der Waals surface area contributed by atoms with Gasteiger partial charge in [0.05, 0.1) is 11.8 Å². The number of amides is 3. The lowest BCUT2D eigenvalue weighted by Gasteiger charge is -2.18. The zero-order chi connectivity index (χ0) is 22.5. The Kier molecular flexibility index (Phi) is 6.96. The number of urea groups is 1. The van der Waals surface area contributed by atoms with Gasteiger partial charge in [-0.3, -0.25) is 14.3 Å². The number of imide groups is 1. The van der Waals surface area contributed by atoms with E-state index in [1.165, 1.54) is 16.7 Å². The Bertz CT molecular complexity index is 1090. The zero-order valence-corrected chi connectivity index (χ0v) is 19.0. The normalized spacial score (nSPS) is 14.3. The summed E-state index contributed by atoms with van der Waals surface area (Å²) in [5.74, 6) is 1.05. The van der Waals surface area contributed by atoms with Crippen molar-refractivity contribution in [3.8, 4) is 5.75 Å². The molecule has 1 aromatic heterocycles. The predicted octanol–water partition coefficient (Wildman–Crippen LogP) is 3.59. The number of ether oxygens (including phenoxy) is 1. The molecular formula is C22H22ClN5O3S. The molecule has 1 atom stereocenters. The summed E-state index contributed by atoms with van der Waals surface area (Å²) in [6, 6.07) is 16.7. The minimum Gasteiger partial charge on any atom is -0.486 e. The van der Waals surface area contributed by atoms with Crippen LogP contribution in [-0.4, -0.2) is 49.9 Å². The smallest absolute Gasteiger partial charge is 0.324 e. The molecule has 1 unspecified atom stereocenters. The number of hydrogen-bond donors (Lipinski definition) is 1. The molecule has 1 aliphatic heterocycles. The third-order valence-corrected chi connectivity index (χ3v) is 6.23. The number of benzene rings is 2. The molecule has 3 aromatic rings. The van der Waals surface area contributed by atoms with Crippen LogP contribution in [0.15, 0.2) is 59.8 Å². The summed E-state index contributed by atoms with van der Waals surface area (Å²) in [7, 11) is 0. The number of nitrogens with one attached hydrogen (secondary N) is 1. The Morgan fingerprint density at radius 1 is 1.19 bits per heavy atom. The van der Waals surface area contributed by atoms with E-state index in [1.54, 1.807) is 31.2 Å². The van der Waals surface area contributed by atoms with Gasteiger partial charge in [0, 0.05) is 18.1 Å². The largest absolute Gasteiger partial charge is 0.486 e. The first kappa shape index (κ1) is 22.2. The summed E-state index contributed by atoms with van der Waals surface area (Å²) < 4.78 is 7.80. The average Bonchev–Trinajstić information content (AvgIpc) is 3.39. The highest BCUT2D eigenvalue weighted by Crippen LogP contribution is 2.26. The summed E-state index contributed by atoms with van der Waals surface area (Å²) in [4.78, 5) is 25.8. The average molecular weight is 472 g/mol. The molecule has 0 radical (unpaired) electrons. The maximum absolute atomic E-state index is 12.7. The number of thioether (sulfide) groups is 1. The molecule has 1 N–H and O–H groups in total. The number of carbonyl (C=O) groups excluding carboxylic acids is 2. The van der Waals surface area contributed by atoms with Crippen LogP contribution in [0.1, 0.15) is 18.3 Å². The van der Waals surface area contributed by atoms with Crippen LogP contribution in [0.25, 0.3) is 0 Å². The fourth-order valence-corrected chi connectivity index (χ4v) is 4.28. The van der Waals surface area contributed by atoms with Crippen molar-refractivity contribution in [1.82, 2.24) is 25.0 Å². The number of carbonyl (C=O) groups is 2. The summed E-state index contributed by atoms with van der Waals surface area (Å²) >= 11 is 7.21. The maximum atomic E-state index is 12.7. The van der Waals surface area contributed by atoms with Crippen molar-refractivity contribution in [2.45, 2.75) is 30.5 Å². The van der Waals surface area contributed by atoms with E-state index < -0.39 is 5.25 Å². The molecule has 0 saturated carbocycles. The minimum absolute atomic E-state index is 0.207. The lowest BCUT2D eigenvalue weighted by Crippen LogP contribution is -2.39. The van der Waals surface area contributed by atoms with Crippen LogP contribution in [0.3, 0.4) is 0 Å². The summed E-state index contributed by atoms with van der Waals surface area (Å²) in [6.07, 6.45) is 0. The van der Waals surface area contributed by atoms with Crippen molar-refractivity contribution in [2.24, 2.45) is 0 Å². The van der Waals surface area contributed by atoms with E-state index in [2.05, 4.69) is 15.5 Å². The van der Waals surface area contributed by atoms with Gasteiger partial charge in [-0.25, -0.2) is 4.79 Å². The van der Waals surface area contributed by atoms with Gasteiger partial charge in [-0.15, -0.1) is 10.2 Å². The van der Waals surface area contributed by atoms with Gasteiger partial charge in [-0.1, -0.05) is 53.7 Å². The van der Waals surface area contributed by atoms with Crippen LogP contribution < -0.4 is 10.1 Å². The highest BCUT2D eigenvalue weighted by Gasteiger charge is 2.31. The SMILES string of the molecule is CC(Sc1nnc(COc2ccc(Cl)cc2)n1Cc1ccccc1)C(=O)N1CCNC1=O. The van der Waals surface area contributed by atoms with Gasteiger partial charge in [0.1, 0.15) is 12.4 Å².